The summed E-state index contributed by atoms with van der Waals surface area (Å²) in [4.78, 5) is 11.8. The van der Waals surface area contributed by atoms with Gasteiger partial charge in [0.1, 0.15) is 0 Å². The van der Waals surface area contributed by atoms with E-state index in [1.54, 1.807) is 29.2 Å². The number of rotatable bonds is 4. The van der Waals surface area contributed by atoms with Crippen LogP contribution in [0.2, 0.25) is 0 Å². The Hall–Kier alpha value is -2.08. The van der Waals surface area contributed by atoms with Gasteiger partial charge in [-0.25, -0.2) is 0 Å². The van der Waals surface area contributed by atoms with E-state index in [9.17, 15) is 4.79 Å². The molecular formula is C14H17N3O3. The molecule has 1 saturated heterocycles. The molecule has 2 aromatic heterocycles. The minimum absolute atomic E-state index is 0.220. The molecule has 0 radical (unpaired) electrons. The summed E-state index contributed by atoms with van der Waals surface area (Å²) in [7, 11) is 0. The summed E-state index contributed by atoms with van der Waals surface area (Å²) in [5.41, 5.74) is 0.655. The average Bonchev–Trinajstić information content (AvgIpc) is 3.11. The number of nitrogens with zero attached hydrogens (tertiary/aromatic N) is 2. The molecule has 1 aliphatic rings. The smallest absolute Gasteiger partial charge is 0.291 e. The van der Waals surface area contributed by atoms with Crippen LogP contribution in [0.3, 0.4) is 0 Å². The molecule has 1 atom stereocenters. The first kappa shape index (κ1) is 12.9. The largest absolute Gasteiger partial charge is 0.459 e. The minimum atomic E-state index is -0.275. The fraction of sp³-hybridized carbons (Fsp3) is 0.429. The first-order valence-corrected chi connectivity index (χ1v) is 6.80. The highest BCUT2D eigenvalue weighted by Gasteiger charge is 2.15. The summed E-state index contributed by atoms with van der Waals surface area (Å²) in [5, 5.41) is 6.98. The van der Waals surface area contributed by atoms with E-state index in [1.807, 2.05) is 0 Å². The highest BCUT2D eigenvalue weighted by molar-refractivity contribution is 6.02. The molecule has 1 N–H and O–H groups in total. The van der Waals surface area contributed by atoms with Crippen LogP contribution < -0.4 is 5.32 Å². The lowest BCUT2D eigenvalue weighted by Crippen LogP contribution is -2.24. The quantitative estimate of drug-likeness (QED) is 0.929. The van der Waals surface area contributed by atoms with Crippen molar-refractivity contribution in [3.05, 3.63) is 36.5 Å². The van der Waals surface area contributed by atoms with Crippen molar-refractivity contribution >= 4 is 11.6 Å². The Kier molecular flexibility index (Phi) is 3.83. The van der Waals surface area contributed by atoms with Crippen molar-refractivity contribution in [2.45, 2.75) is 31.9 Å². The molecule has 0 spiro atoms. The van der Waals surface area contributed by atoms with E-state index in [-0.39, 0.29) is 17.8 Å². The average molecular weight is 275 g/mol. The van der Waals surface area contributed by atoms with Gasteiger partial charge < -0.3 is 14.5 Å². The molecule has 3 heterocycles. The summed E-state index contributed by atoms with van der Waals surface area (Å²) in [6.07, 6.45) is 8.53. The van der Waals surface area contributed by atoms with Gasteiger partial charge >= 0.3 is 0 Å². The molecular weight excluding hydrogens is 258 g/mol. The number of amides is 1. The van der Waals surface area contributed by atoms with Crippen molar-refractivity contribution in [2.24, 2.45) is 0 Å². The van der Waals surface area contributed by atoms with E-state index in [2.05, 4.69) is 10.4 Å². The van der Waals surface area contributed by atoms with Crippen molar-refractivity contribution in [3.63, 3.8) is 0 Å². The summed E-state index contributed by atoms with van der Waals surface area (Å²) in [6.45, 7) is 1.55. The van der Waals surface area contributed by atoms with Gasteiger partial charge in [-0.05, 0) is 31.4 Å². The lowest BCUT2D eigenvalue weighted by Gasteiger charge is -2.22. The molecule has 6 heteroatoms. The van der Waals surface area contributed by atoms with Gasteiger partial charge in [0.2, 0.25) is 0 Å². The Bertz CT molecular complexity index is 556. The third-order valence-electron chi connectivity index (χ3n) is 3.30. The second kappa shape index (κ2) is 5.92. The molecule has 0 aliphatic carbocycles. The SMILES string of the molecule is O=C(Nc1cnn(C[C@@H]2CCCCO2)c1)c1ccco1. The highest BCUT2D eigenvalue weighted by Crippen LogP contribution is 2.15. The Morgan fingerprint density at radius 1 is 1.50 bits per heavy atom. The molecule has 1 aliphatic heterocycles. The van der Waals surface area contributed by atoms with E-state index >= 15 is 0 Å². The number of anilines is 1. The third kappa shape index (κ3) is 3.08. The Balaban J connectivity index is 1.57. The summed E-state index contributed by atoms with van der Waals surface area (Å²) >= 11 is 0. The molecule has 106 valence electrons. The van der Waals surface area contributed by atoms with Gasteiger partial charge in [0.05, 0.1) is 30.8 Å². The minimum Gasteiger partial charge on any atom is -0.459 e. The lowest BCUT2D eigenvalue weighted by molar-refractivity contribution is 0.00401. The maximum absolute atomic E-state index is 11.8. The van der Waals surface area contributed by atoms with Crippen molar-refractivity contribution in [1.29, 1.82) is 0 Å². The predicted octanol–water partition coefficient (Wildman–Crippen LogP) is 2.30. The van der Waals surface area contributed by atoms with Crippen molar-refractivity contribution in [3.8, 4) is 0 Å². The van der Waals surface area contributed by atoms with Crippen LogP contribution in [0.4, 0.5) is 5.69 Å². The number of nitrogens with one attached hydrogen (secondary N) is 1. The fourth-order valence-electron chi connectivity index (χ4n) is 2.29. The molecule has 0 aromatic carbocycles. The maximum atomic E-state index is 11.8. The fourth-order valence-corrected chi connectivity index (χ4v) is 2.29. The zero-order valence-electron chi connectivity index (χ0n) is 11.1. The molecule has 2 aromatic rings. The highest BCUT2D eigenvalue weighted by atomic mass is 16.5. The second-order valence-corrected chi connectivity index (χ2v) is 4.87. The lowest BCUT2D eigenvalue weighted by atomic mass is 10.1. The predicted molar refractivity (Wildman–Crippen MR) is 72.5 cm³/mol. The monoisotopic (exact) mass is 275 g/mol. The Labute approximate surface area is 116 Å². The third-order valence-corrected chi connectivity index (χ3v) is 3.30. The Morgan fingerprint density at radius 3 is 3.20 bits per heavy atom. The van der Waals surface area contributed by atoms with Crippen LogP contribution in [-0.2, 0) is 11.3 Å². The van der Waals surface area contributed by atoms with Crippen LogP contribution in [0.15, 0.2) is 35.2 Å². The normalized spacial score (nSPS) is 18.9. The van der Waals surface area contributed by atoms with Gasteiger partial charge in [-0.3, -0.25) is 9.48 Å². The van der Waals surface area contributed by atoms with Crippen LogP contribution in [-0.4, -0.2) is 28.4 Å². The van der Waals surface area contributed by atoms with Crippen molar-refractivity contribution in [1.82, 2.24) is 9.78 Å². The molecule has 6 nitrogen and oxygen atoms in total. The molecule has 20 heavy (non-hydrogen) atoms. The van der Waals surface area contributed by atoms with Crippen LogP contribution >= 0.6 is 0 Å². The van der Waals surface area contributed by atoms with Crippen LogP contribution in [0.25, 0.3) is 0 Å². The first-order valence-electron chi connectivity index (χ1n) is 6.80. The zero-order chi connectivity index (χ0) is 13.8. The van der Waals surface area contributed by atoms with Crippen LogP contribution in [0.1, 0.15) is 29.8 Å². The molecule has 1 fully saturated rings. The zero-order valence-corrected chi connectivity index (χ0v) is 11.1. The van der Waals surface area contributed by atoms with E-state index < -0.39 is 0 Å². The molecule has 3 rings (SSSR count). The van der Waals surface area contributed by atoms with Gasteiger partial charge in [-0.1, -0.05) is 0 Å². The first-order chi connectivity index (χ1) is 9.81. The number of carbonyl (C=O) groups excluding carboxylic acids is 1. The molecule has 1 amide bonds. The van der Waals surface area contributed by atoms with E-state index in [0.29, 0.717) is 5.69 Å². The van der Waals surface area contributed by atoms with E-state index in [0.717, 1.165) is 26.0 Å². The number of aromatic nitrogens is 2. The summed E-state index contributed by atoms with van der Waals surface area (Å²) < 4.78 is 12.5. The van der Waals surface area contributed by atoms with E-state index in [1.165, 1.54) is 12.7 Å². The topological polar surface area (TPSA) is 69.3 Å². The summed E-state index contributed by atoms with van der Waals surface area (Å²) in [6, 6.07) is 3.30. The standard InChI is InChI=1S/C14H17N3O3/c18-14(13-5-3-7-20-13)16-11-8-15-17(9-11)10-12-4-1-2-6-19-12/h3,5,7-9,12H,1-2,4,6,10H2,(H,16,18)/t12-/m0/s1. The number of hydrogen-bond acceptors (Lipinski definition) is 4. The number of furan rings is 1. The number of carbonyl (C=O) groups is 1. The van der Waals surface area contributed by atoms with Crippen LogP contribution in [0, 0.1) is 0 Å². The van der Waals surface area contributed by atoms with Crippen LogP contribution in [0.5, 0.6) is 0 Å². The van der Waals surface area contributed by atoms with Gasteiger partial charge in [0.15, 0.2) is 5.76 Å². The molecule has 0 bridgehead atoms. The van der Waals surface area contributed by atoms with Gasteiger partial charge in [0.25, 0.3) is 5.91 Å². The Morgan fingerprint density at radius 2 is 2.45 bits per heavy atom. The number of hydrogen-bond donors (Lipinski definition) is 1. The number of ether oxygens (including phenoxy) is 1. The summed E-state index contributed by atoms with van der Waals surface area (Å²) in [5.74, 6) is 0.0110. The van der Waals surface area contributed by atoms with Gasteiger partial charge in [0, 0.05) is 12.8 Å². The van der Waals surface area contributed by atoms with E-state index in [4.69, 9.17) is 9.15 Å². The molecule has 0 unspecified atom stereocenters. The van der Waals surface area contributed by atoms with Gasteiger partial charge in [-0.2, -0.15) is 5.10 Å². The molecule has 0 saturated carbocycles. The second-order valence-electron chi connectivity index (χ2n) is 4.87. The van der Waals surface area contributed by atoms with Gasteiger partial charge in [-0.15, -0.1) is 0 Å². The maximum Gasteiger partial charge on any atom is 0.291 e. The van der Waals surface area contributed by atoms with Crippen molar-refractivity contribution < 1.29 is 13.9 Å². The van der Waals surface area contributed by atoms with Crippen molar-refractivity contribution in [2.75, 3.05) is 11.9 Å².